The van der Waals surface area contributed by atoms with Gasteiger partial charge in [0.15, 0.2) is 6.61 Å². The van der Waals surface area contributed by atoms with E-state index in [-0.39, 0.29) is 6.61 Å². The molecule has 1 N–H and O–H groups in total. The highest BCUT2D eigenvalue weighted by molar-refractivity contribution is 6.33. The Bertz CT molecular complexity index is 699. The molecule has 0 heterocycles. The predicted molar refractivity (Wildman–Crippen MR) is 81.0 cm³/mol. The first-order valence-electron chi connectivity index (χ1n) is 6.25. The van der Waals surface area contributed by atoms with E-state index >= 15 is 0 Å². The number of anilines is 1. The zero-order valence-corrected chi connectivity index (χ0v) is 11.9. The highest BCUT2D eigenvalue weighted by Gasteiger charge is 2.02. The van der Waals surface area contributed by atoms with E-state index in [9.17, 15) is 0 Å². The van der Waals surface area contributed by atoms with Gasteiger partial charge in [-0.1, -0.05) is 23.7 Å². The summed E-state index contributed by atoms with van der Waals surface area (Å²) in [5.41, 5.74) is 2.37. The molecule has 104 valence electrons. The second-order valence-electron chi connectivity index (χ2n) is 4.25. The lowest BCUT2D eigenvalue weighted by atomic mass is 10.2. The molecule has 2 aromatic rings. The maximum Gasteiger partial charge on any atom is 0.174 e. The number of benzene rings is 2. The molecule has 0 amide bonds. The van der Waals surface area contributed by atoms with Crippen molar-refractivity contribution in [1.82, 2.24) is 0 Å². The maximum atomic E-state index is 8.79. The van der Waals surface area contributed by atoms with Gasteiger partial charge in [0.05, 0.1) is 22.3 Å². The summed E-state index contributed by atoms with van der Waals surface area (Å²) in [5.74, 6) is 0.664. The van der Waals surface area contributed by atoms with Crippen LogP contribution in [0.3, 0.4) is 0 Å². The Morgan fingerprint density at radius 3 is 2.48 bits per heavy atom. The second kappa shape index (κ2) is 7.19. The summed E-state index contributed by atoms with van der Waals surface area (Å²) in [7, 11) is 0. The fraction of sp³-hybridized carbons (Fsp3) is 0.125. The van der Waals surface area contributed by atoms with Gasteiger partial charge < -0.3 is 10.1 Å². The van der Waals surface area contributed by atoms with E-state index in [2.05, 4.69) is 5.32 Å². The van der Waals surface area contributed by atoms with Crippen LogP contribution < -0.4 is 10.1 Å². The van der Waals surface area contributed by atoms with Gasteiger partial charge in [0.1, 0.15) is 11.8 Å². The summed E-state index contributed by atoms with van der Waals surface area (Å²) in [6.07, 6.45) is 0. The van der Waals surface area contributed by atoms with E-state index < -0.39 is 0 Å². The third-order valence-corrected chi connectivity index (χ3v) is 3.12. The monoisotopic (exact) mass is 297 g/mol. The van der Waals surface area contributed by atoms with Crippen molar-refractivity contribution < 1.29 is 4.74 Å². The van der Waals surface area contributed by atoms with Crippen LogP contribution >= 0.6 is 11.6 Å². The Morgan fingerprint density at radius 1 is 1.10 bits per heavy atom. The molecular formula is C16H12ClN3O. The summed E-state index contributed by atoms with van der Waals surface area (Å²) in [6, 6.07) is 16.5. The van der Waals surface area contributed by atoms with Gasteiger partial charge >= 0.3 is 0 Å². The summed E-state index contributed by atoms with van der Waals surface area (Å²) >= 11 is 6.09. The van der Waals surface area contributed by atoms with Crippen molar-refractivity contribution in [3.8, 4) is 17.9 Å². The third kappa shape index (κ3) is 4.14. The topological polar surface area (TPSA) is 68.8 Å². The van der Waals surface area contributed by atoms with E-state index in [0.717, 1.165) is 11.3 Å². The first-order valence-corrected chi connectivity index (χ1v) is 6.63. The second-order valence-corrected chi connectivity index (χ2v) is 4.66. The first kappa shape index (κ1) is 14.7. The van der Waals surface area contributed by atoms with Crippen LogP contribution in [0.2, 0.25) is 5.02 Å². The minimum atomic E-state index is 0.0401. The molecule has 0 saturated carbocycles. The Hall–Kier alpha value is -2.69. The fourth-order valence-electron chi connectivity index (χ4n) is 1.74. The molecule has 4 nitrogen and oxygen atoms in total. The molecule has 2 rings (SSSR count). The summed E-state index contributed by atoms with van der Waals surface area (Å²) in [4.78, 5) is 0. The number of hydrogen-bond donors (Lipinski definition) is 1. The largest absolute Gasteiger partial charge is 0.479 e. The number of nitrogens with one attached hydrogen (secondary N) is 1. The normalized spacial score (nSPS) is 9.48. The minimum Gasteiger partial charge on any atom is -0.479 e. The average molecular weight is 298 g/mol. The van der Waals surface area contributed by atoms with E-state index in [1.165, 1.54) is 0 Å². The van der Waals surface area contributed by atoms with Crippen LogP contribution in [0.4, 0.5) is 5.69 Å². The molecule has 0 saturated heterocycles. The van der Waals surface area contributed by atoms with Gasteiger partial charge in [-0.2, -0.15) is 10.5 Å². The number of nitrogens with zero attached hydrogens (tertiary/aromatic N) is 2. The van der Waals surface area contributed by atoms with Crippen molar-refractivity contribution in [2.75, 3.05) is 11.9 Å². The molecular weight excluding hydrogens is 286 g/mol. The van der Waals surface area contributed by atoms with Gasteiger partial charge in [0.2, 0.25) is 0 Å². The Balaban J connectivity index is 1.97. The molecule has 21 heavy (non-hydrogen) atoms. The SMILES string of the molecule is N#CCOc1ccc(CNc2ccc(C#N)cc2Cl)cc1. The zero-order chi connectivity index (χ0) is 15.1. The van der Waals surface area contributed by atoms with Crippen LogP contribution in [-0.4, -0.2) is 6.61 Å². The third-order valence-electron chi connectivity index (χ3n) is 2.81. The number of ether oxygens (including phenoxy) is 1. The van der Waals surface area contributed by atoms with Crippen molar-refractivity contribution in [2.24, 2.45) is 0 Å². The van der Waals surface area contributed by atoms with Crippen LogP contribution in [0.25, 0.3) is 0 Å². The lowest BCUT2D eigenvalue weighted by molar-refractivity contribution is 0.368. The minimum absolute atomic E-state index is 0.0401. The average Bonchev–Trinajstić information content (AvgIpc) is 2.52. The van der Waals surface area contributed by atoms with E-state index in [4.69, 9.17) is 26.9 Å². The Labute approximate surface area is 128 Å². The standard InChI is InChI=1S/C16H12ClN3O/c17-15-9-13(10-19)3-6-16(15)20-11-12-1-4-14(5-2-12)21-8-7-18/h1-6,9,20H,8,11H2. The molecule has 0 radical (unpaired) electrons. The lowest BCUT2D eigenvalue weighted by Crippen LogP contribution is -2.00. The molecule has 0 bridgehead atoms. The van der Waals surface area contributed by atoms with E-state index in [1.54, 1.807) is 18.2 Å². The quantitative estimate of drug-likeness (QED) is 0.913. The van der Waals surface area contributed by atoms with E-state index in [1.807, 2.05) is 36.4 Å². The first-order chi connectivity index (χ1) is 10.2. The maximum absolute atomic E-state index is 8.79. The Morgan fingerprint density at radius 2 is 1.86 bits per heavy atom. The molecule has 5 heteroatoms. The number of hydrogen-bond acceptors (Lipinski definition) is 4. The lowest BCUT2D eigenvalue weighted by Gasteiger charge is -2.09. The van der Waals surface area contributed by atoms with Gasteiger partial charge in [-0.15, -0.1) is 0 Å². The number of nitriles is 2. The van der Waals surface area contributed by atoms with Crippen LogP contribution in [-0.2, 0) is 6.54 Å². The van der Waals surface area contributed by atoms with Gasteiger partial charge in [-0.3, -0.25) is 0 Å². The van der Waals surface area contributed by atoms with Crippen LogP contribution in [0.1, 0.15) is 11.1 Å². The van der Waals surface area contributed by atoms with Crippen molar-refractivity contribution in [1.29, 1.82) is 10.5 Å². The van der Waals surface area contributed by atoms with Gasteiger partial charge in [-0.25, -0.2) is 0 Å². The summed E-state index contributed by atoms with van der Waals surface area (Å²) < 4.78 is 5.18. The molecule has 2 aromatic carbocycles. The van der Waals surface area contributed by atoms with Crippen molar-refractivity contribution >= 4 is 17.3 Å². The summed E-state index contributed by atoms with van der Waals surface area (Å²) in [6.45, 7) is 0.641. The van der Waals surface area contributed by atoms with E-state index in [0.29, 0.717) is 22.9 Å². The van der Waals surface area contributed by atoms with Crippen LogP contribution in [0, 0.1) is 22.7 Å². The predicted octanol–water partition coefficient (Wildman–Crippen LogP) is 3.73. The molecule has 0 aliphatic carbocycles. The van der Waals surface area contributed by atoms with Crippen LogP contribution in [0.5, 0.6) is 5.75 Å². The highest BCUT2D eigenvalue weighted by Crippen LogP contribution is 2.23. The molecule has 0 aromatic heterocycles. The van der Waals surface area contributed by atoms with Crippen molar-refractivity contribution in [2.45, 2.75) is 6.54 Å². The molecule has 0 fully saturated rings. The smallest absolute Gasteiger partial charge is 0.174 e. The number of halogens is 1. The molecule has 0 aliphatic heterocycles. The number of rotatable bonds is 5. The molecule has 0 spiro atoms. The molecule has 0 atom stereocenters. The fourth-order valence-corrected chi connectivity index (χ4v) is 1.99. The van der Waals surface area contributed by atoms with Crippen LogP contribution in [0.15, 0.2) is 42.5 Å². The molecule has 0 unspecified atom stereocenters. The molecule has 0 aliphatic rings. The Kier molecular flexibility index (Phi) is 5.04. The van der Waals surface area contributed by atoms with Gasteiger partial charge in [0.25, 0.3) is 0 Å². The van der Waals surface area contributed by atoms with Gasteiger partial charge in [0, 0.05) is 6.54 Å². The van der Waals surface area contributed by atoms with Crippen molar-refractivity contribution in [3.63, 3.8) is 0 Å². The van der Waals surface area contributed by atoms with Crippen molar-refractivity contribution in [3.05, 3.63) is 58.6 Å². The zero-order valence-electron chi connectivity index (χ0n) is 11.1. The summed E-state index contributed by atoms with van der Waals surface area (Å²) in [5, 5.41) is 21.0. The highest BCUT2D eigenvalue weighted by atomic mass is 35.5. The van der Waals surface area contributed by atoms with Gasteiger partial charge in [-0.05, 0) is 35.9 Å².